The summed E-state index contributed by atoms with van der Waals surface area (Å²) in [6.07, 6.45) is 0. The Labute approximate surface area is 154 Å². The first-order valence-electron chi connectivity index (χ1n) is 9.10. The molecule has 0 N–H and O–H groups in total. The molecule has 4 aromatic rings. The van der Waals surface area contributed by atoms with E-state index in [4.69, 9.17) is 0 Å². The molecule has 2 heteroatoms. The summed E-state index contributed by atoms with van der Waals surface area (Å²) in [7, 11) is 4.41. The summed E-state index contributed by atoms with van der Waals surface area (Å²) >= 11 is 0. The maximum atomic E-state index is 2.39. The van der Waals surface area contributed by atoms with Crippen LogP contribution in [0.15, 0.2) is 60.7 Å². The molecule has 0 aliphatic carbocycles. The maximum Gasteiger partial charge on any atom is 0.0732 e. The Morgan fingerprint density at radius 2 is 0.923 bits per heavy atom. The fraction of sp³-hybridized carbons (Fsp3) is 0.167. The zero-order valence-corrected chi connectivity index (χ0v) is 15.7. The Bertz CT molecular complexity index is 1090. The third-order valence-electron chi connectivity index (χ3n) is 5.71. The summed E-state index contributed by atoms with van der Waals surface area (Å²) in [4.78, 5) is 4.78. The molecule has 0 saturated heterocycles. The van der Waals surface area contributed by atoms with E-state index in [1.54, 1.807) is 0 Å². The van der Waals surface area contributed by atoms with Crippen molar-refractivity contribution in [2.75, 3.05) is 23.9 Å². The number of benzene rings is 4. The van der Waals surface area contributed by atoms with Gasteiger partial charge in [0.05, 0.1) is 22.7 Å². The highest BCUT2D eigenvalue weighted by atomic mass is 15.2. The molecule has 1 aliphatic heterocycles. The van der Waals surface area contributed by atoms with Gasteiger partial charge >= 0.3 is 0 Å². The monoisotopic (exact) mass is 338 g/mol. The van der Waals surface area contributed by atoms with Crippen LogP contribution in [0.3, 0.4) is 0 Å². The van der Waals surface area contributed by atoms with Crippen LogP contribution in [0.5, 0.6) is 0 Å². The number of hydrogen-bond donors (Lipinski definition) is 0. The lowest BCUT2D eigenvalue weighted by atomic mass is 9.94. The number of anilines is 4. The predicted molar refractivity (Wildman–Crippen MR) is 113 cm³/mol. The highest BCUT2D eigenvalue weighted by Crippen LogP contribution is 2.54. The van der Waals surface area contributed by atoms with Gasteiger partial charge in [0.15, 0.2) is 0 Å². The minimum Gasteiger partial charge on any atom is -0.340 e. The Kier molecular flexibility index (Phi) is 3.08. The fourth-order valence-corrected chi connectivity index (χ4v) is 4.66. The molecule has 0 amide bonds. The van der Waals surface area contributed by atoms with Gasteiger partial charge in [-0.3, -0.25) is 0 Å². The first kappa shape index (κ1) is 15.3. The van der Waals surface area contributed by atoms with Gasteiger partial charge in [-0.2, -0.15) is 0 Å². The molecule has 1 aliphatic rings. The Balaban J connectivity index is 1.94. The number of rotatable bonds is 0. The average Bonchev–Trinajstić information content (AvgIpc) is 2.64. The number of aryl methyl sites for hydroxylation is 2. The molecule has 0 unspecified atom stereocenters. The lowest BCUT2D eigenvalue weighted by molar-refractivity contribution is 1.09. The summed E-state index contributed by atoms with van der Waals surface area (Å²) in [5.74, 6) is 0. The molecule has 0 radical (unpaired) electrons. The van der Waals surface area contributed by atoms with Crippen LogP contribution in [0.2, 0.25) is 0 Å². The minimum atomic E-state index is 1.30. The predicted octanol–water partition coefficient (Wildman–Crippen LogP) is 6.46. The van der Waals surface area contributed by atoms with Crippen molar-refractivity contribution in [3.8, 4) is 0 Å². The second-order valence-electron chi connectivity index (χ2n) is 7.34. The first-order valence-corrected chi connectivity index (χ1v) is 9.10. The van der Waals surface area contributed by atoms with Gasteiger partial charge in [-0.25, -0.2) is 0 Å². The fourth-order valence-electron chi connectivity index (χ4n) is 4.66. The van der Waals surface area contributed by atoms with Gasteiger partial charge in [0.1, 0.15) is 0 Å². The standard InChI is InChI=1S/C24H22N2/c1-15-13-17-9-5-7-11-19(17)23-21(15)25(3)24-20-12-8-6-10-18(20)14-16(2)22(24)26(23)4/h5-14H,1-4H3. The van der Waals surface area contributed by atoms with Gasteiger partial charge in [-0.1, -0.05) is 48.5 Å². The van der Waals surface area contributed by atoms with Crippen molar-refractivity contribution in [2.45, 2.75) is 13.8 Å². The van der Waals surface area contributed by atoms with Crippen molar-refractivity contribution in [3.63, 3.8) is 0 Å². The summed E-state index contributed by atoms with van der Waals surface area (Å²) in [5.41, 5.74) is 7.82. The van der Waals surface area contributed by atoms with E-state index in [9.17, 15) is 0 Å². The molecule has 0 spiro atoms. The SMILES string of the molecule is Cc1cc2ccccc2c2c1N(C)c1c(c(C)cc3ccccc13)N2C. The first-order chi connectivity index (χ1) is 12.6. The minimum absolute atomic E-state index is 1.30. The Hall–Kier alpha value is -3.00. The van der Waals surface area contributed by atoms with Gasteiger partial charge in [0.2, 0.25) is 0 Å². The van der Waals surface area contributed by atoms with Crippen molar-refractivity contribution in [3.05, 3.63) is 71.8 Å². The van der Waals surface area contributed by atoms with Crippen molar-refractivity contribution < 1.29 is 0 Å². The second kappa shape index (κ2) is 5.25. The van der Waals surface area contributed by atoms with E-state index in [0.717, 1.165) is 0 Å². The second-order valence-corrected chi connectivity index (χ2v) is 7.34. The summed E-state index contributed by atoms with van der Waals surface area (Å²) in [6.45, 7) is 4.44. The zero-order valence-electron chi connectivity index (χ0n) is 15.7. The van der Waals surface area contributed by atoms with E-state index < -0.39 is 0 Å². The molecule has 0 atom stereocenters. The molecule has 0 fully saturated rings. The van der Waals surface area contributed by atoms with Crippen LogP contribution in [0, 0.1) is 13.8 Å². The van der Waals surface area contributed by atoms with Gasteiger partial charge in [0, 0.05) is 24.9 Å². The lowest BCUT2D eigenvalue weighted by Crippen LogP contribution is -2.26. The third kappa shape index (κ3) is 1.87. The molecule has 0 bridgehead atoms. The van der Waals surface area contributed by atoms with Crippen LogP contribution in [-0.2, 0) is 0 Å². The molecule has 2 nitrogen and oxygen atoms in total. The molecule has 0 aromatic heterocycles. The average molecular weight is 338 g/mol. The van der Waals surface area contributed by atoms with E-state index >= 15 is 0 Å². The number of fused-ring (bicyclic) bond motifs is 6. The van der Waals surface area contributed by atoms with Crippen LogP contribution in [0.25, 0.3) is 21.5 Å². The smallest absolute Gasteiger partial charge is 0.0732 e. The molecular formula is C24H22N2. The lowest BCUT2D eigenvalue weighted by Gasteiger charge is -2.40. The van der Waals surface area contributed by atoms with Crippen molar-refractivity contribution in [2.24, 2.45) is 0 Å². The zero-order chi connectivity index (χ0) is 18.0. The van der Waals surface area contributed by atoms with Crippen LogP contribution < -0.4 is 9.80 Å². The molecule has 5 rings (SSSR count). The maximum absolute atomic E-state index is 2.39. The quantitative estimate of drug-likeness (QED) is 0.363. The normalized spacial score (nSPS) is 13.2. The number of nitrogens with zero attached hydrogens (tertiary/aromatic N) is 2. The molecule has 26 heavy (non-hydrogen) atoms. The van der Waals surface area contributed by atoms with Gasteiger partial charge in [-0.05, 0) is 47.9 Å². The molecule has 0 saturated carbocycles. The summed E-state index contributed by atoms with van der Waals surface area (Å²) in [5, 5.41) is 5.21. The molecular weight excluding hydrogens is 316 g/mol. The van der Waals surface area contributed by atoms with Crippen LogP contribution in [0.1, 0.15) is 11.1 Å². The van der Waals surface area contributed by atoms with E-state index in [2.05, 4.69) is 98.4 Å². The largest absolute Gasteiger partial charge is 0.340 e. The highest BCUT2D eigenvalue weighted by Gasteiger charge is 2.30. The van der Waals surface area contributed by atoms with Crippen LogP contribution in [-0.4, -0.2) is 14.1 Å². The highest BCUT2D eigenvalue weighted by molar-refractivity contribution is 6.14. The molecule has 4 aromatic carbocycles. The van der Waals surface area contributed by atoms with Crippen molar-refractivity contribution in [1.82, 2.24) is 0 Å². The van der Waals surface area contributed by atoms with Crippen LogP contribution >= 0.6 is 0 Å². The summed E-state index contributed by atoms with van der Waals surface area (Å²) < 4.78 is 0. The third-order valence-corrected chi connectivity index (χ3v) is 5.71. The van der Waals surface area contributed by atoms with Crippen molar-refractivity contribution >= 4 is 44.3 Å². The van der Waals surface area contributed by atoms with Gasteiger partial charge in [-0.15, -0.1) is 0 Å². The summed E-state index contributed by atoms with van der Waals surface area (Å²) in [6, 6.07) is 22.0. The van der Waals surface area contributed by atoms with E-state index in [-0.39, 0.29) is 0 Å². The van der Waals surface area contributed by atoms with Crippen molar-refractivity contribution in [1.29, 1.82) is 0 Å². The van der Waals surface area contributed by atoms with E-state index in [1.165, 1.54) is 55.4 Å². The van der Waals surface area contributed by atoms with Crippen LogP contribution in [0.4, 0.5) is 22.7 Å². The molecule has 1 heterocycles. The number of hydrogen-bond acceptors (Lipinski definition) is 2. The van der Waals surface area contributed by atoms with E-state index in [0.29, 0.717) is 0 Å². The Morgan fingerprint density at radius 1 is 0.538 bits per heavy atom. The van der Waals surface area contributed by atoms with E-state index in [1.807, 2.05) is 0 Å². The Morgan fingerprint density at radius 3 is 1.35 bits per heavy atom. The van der Waals surface area contributed by atoms with Gasteiger partial charge in [0.25, 0.3) is 0 Å². The van der Waals surface area contributed by atoms with Gasteiger partial charge < -0.3 is 9.80 Å². The molecule has 128 valence electrons. The topological polar surface area (TPSA) is 6.48 Å².